The summed E-state index contributed by atoms with van der Waals surface area (Å²) in [6.07, 6.45) is 10.1. The molecule has 202 valence electrons. The number of hydrogen-bond acceptors (Lipinski definition) is 7. The number of aromatic nitrogens is 4. The number of pyridine rings is 4. The Morgan fingerprint density at radius 1 is 0.750 bits per heavy atom. The predicted molar refractivity (Wildman–Crippen MR) is 148 cm³/mol. The van der Waals surface area contributed by atoms with E-state index in [4.69, 9.17) is 4.74 Å². The maximum absolute atomic E-state index is 5.96. The average Bonchev–Trinajstić information content (AvgIpc) is 2.96. The zero-order chi connectivity index (χ0) is 28.0. The highest BCUT2D eigenvalue weighted by Gasteiger charge is 2.03. The summed E-state index contributed by atoms with van der Waals surface area (Å²) in [5, 5.41) is 32.6. The molecule has 0 fully saturated rings. The standard InChI is InChI=1S/C27H30N12O/c1-36-14-7-4-10-24(36)32-28-21-30-34-26-12-6-9-16-39(26)18-19-40-23-13-17-38(3)27(20-23)35-31-22-29-33-25-11-5-8-15-37(25)2/h4-17,20-22H,18-19H2,1-3H3/q+2. The molecule has 40 heavy (non-hydrogen) atoms. The molecule has 13 nitrogen and oxygen atoms in total. The summed E-state index contributed by atoms with van der Waals surface area (Å²) < 4.78 is 13.4. The molecule has 0 aromatic carbocycles. The second-order valence-electron chi connectivity index (χ2n) is 8.36. The molecule has 0 atom stereocenters. The third kappa shape index (κ3) is 8.28. The van der Waals surface area contributed by atoms with Crippen LogP contribution in [0, 0.1) is 0 Å². The fraction of sp³-hybridized carbons (Fsp3) is 0.185. The number of hydrogen-bond donors (Lipinski definition) is 0. The molecule has 4 rings (SSSR count). The Hall–Kier alpha value is -5.46. The lowest BCUT2D eigenvalue weighted by molar-refractivity contribution is -0.658. The van der Waals surface area contributed by atoms with E-state index >= 15 is 0 Å². The largest absolute Gasteiger partial charge is 0.492 e. The van der Waals surface area contributed by atoms with E-state index in [0.29, 0.717) is 41.5 Å². The summed E-state index contributed by atoms with van der Waals surface area (Å²) in [6, 6.07) is 20.7. The smallest absolute Gasteiger partial charge is 0.350 e. The highest BCUT2D eigenvalue weighted by atomic mass is 16.5. The SMILES string of the molecule is Cn1ccc(OCCn2ccccc2=NN=CN=Nc2cccc[n+]2C)cc1=NN=CN=Nc1cccc[n+]1C. The normalized spacial score (nSPS) is 13.0. The van der Waals surface area contributed by atoms with Gasteiger partial charge in [0.2, 0.25) is 0 Å². The first kappa shape index (κ1) is 27.6. The number of nitrogens with zero attached hydrogens (tertiary/aromatic N) is 12. The Morgan fingerprint density at radius 2 is 1.38 bits per heavy atom. The van der Waals surface area contributed by atoms with Gasteiger partial charge in [0.1, 0.15) is 12.4 Å². The van der Waals surface area contributed by atoms with Crippen LogP contribution in [-0.4, -0.2) is 28.4 Å². The van der Waals surface area contributed by atoms with Crippen molar-refractivity contribution in [1.82, 2.24) is 9.13 Å². The van der Waals surface area contributed by atoms with Crippen molar-refractivity contribution in [2.24, 2.45) is 62.0 Å². The van der Waals surface area contributed by atoms with Gasteiger partial charge in [-0.1, -0.05) is 18.2 Å². The van der Waals surface area contributed by atoms with Crippen LogP contribution in [0.4, 0.5) is 11.6 Å². The van der Waals surface area contributed by atoms with Gasteiger partial charge in [-0.3, -0.25) is 0 Å². The van der Waals surface area contributed by atoms with E-state index in [1.54, 1.807) is 6.07 Å². The molecule has 4 aromatic rings. The summed E-state index contributed by atoms with van der Waals surface area (Å²) in [5.41, 5.74) is 1.26. The first-order chi connectivity index (χ1) is 19.6. The molecule has 0 aliphatic heterocycles. The van der Waals surface area contributed by atoms with Crippen LogP contribution < -0.4 is 24.8 Å². The molecule has 0 saturated heterocycles. The van der Waals surface area contributed by atoms with Crippen LogP contribution in [-0.2, 0) is 27.7 Å². The first-order valence-corrected chi connectivity index (χ1v) is 12.4. The van der Waals surface area contributed by atoms with E-state index in [1.165, 1.54) is 12.7 Å². The monoisotopic (exact) mass is 538 g/mol. The van der Waals surface area contributed by atoms with Gasteiger partial charge in [0, 0.05) is 37.6 Å². The Bertz CT molecular complexity index is 1680. The molecular weight excluding hydrogens is 508 g/mol. The maximum Gasteiger partial charge on any atom is 0.350 e. The minimum Gasteiger partial charge on any atom is -0.492 e. The summed E-state index contributed by atoms with van der Waals surface area (Å²) in [7, 11) is 5.66. The molecule has 0 spiro atoms. The van der Waals surface area contributed by atoms with Crippen LogP contribution in [0.2, 0.25) is 0 Å². The van der Waals surface area contributed by atoms with Crippen LogP contribution >= 0.6 is 0 Å². The van der Waals surface area contributed by atoms with E-state index in [1.807, 2.05) is 125 Å². The van der Waals surface area contributed by atoms with Crippen molar-refractivity contribution in [1.29, 1.82) is 0 Å². The van der Waals surface area contributed by atoms with Gasteiger partial charge >= 0.3 is 11.6 Å². The number of rotatable bonds is 10. The van der Waals surface area contributed by atoms with E-state index in [0.717, 1.165) is 0 Å². The Labute approximate surface area is 230 Å². The van der Waals surface area contributed by atoms with Crippen molar-refractivity contribution in [3.8, 4) is 5.75 Å². The van der Waals surface area contributed by atoms with E-state index < -0.39 is 0 Å². The Morgan fingerprint density at radius 3 is 2.02 bits per heavy atom. The summed E-state index contributed by atoms with van der Waals surface area (Å²) in [4.78, 5) is 0. The van der Waals surface area contributed by atoms with Crippen LogP contribution in [0.25, 0.3) is 0 Å². The van der Waals surface area contributed by atoms with Gasteiger partial charge in [-0.2, -0.15) is 0 Å². The van der Waals surface area contributed by atoms with Crippen molar-refractivity contribution in [2.45, 2.75) is 6.54 Å². The zero-order valence-corrected chi connectivity index (χ0v) is 22.5. The lowest BCUT2D eigenvalue weighted by Crippen LogP contribution is -2.26. The zero-order valence-electron chi connectivity index (χ0n) is 22.5. The molecule has 0 unspecified atom stereocenters. The summed E-state index contributed by atoms with van der Waals surface area (Å²) >= 11 is 0. The minimum atomic E-state index is 0.407. The topological polar surface area (TPSA) is 126 Å². The van der Waals surface area contributed by atoms with Crippen molar-refractivity contribution in [2.75, 3.05) is 6.61 Å². The molecule has 4 heterocycles. The second-order valence-corrected chi connectivity index (χ2v) is 8.36. The highest BCUT2D eigenvalue weighted by molar-refractivity contribution is 5.54. The maximum atomic E-state index is 5.96. The van der Waals surface area contributed by atoms with Gasteiger partial charge in [-0.25, -0.2) is 9.13 Å². The molecule has 0 aliphatic rings. The lowest BCUT2D eigenvalue weighted by Gasteiger charge is -2.09. The Balaban J connectivity index is 1.35. The Kier molecular flexibility index (Phi) is 9.97. The lowest BCUT2D eigenvalue weighted by atomic mass is 10.4. The fourth-order valence-electron chi connectivity index (χ4n) is 3.36. The molecule has 0 amide bonds. The number of azo groups is 2. The molecule has 0 aliphatic carbocycles. The fourth-order valence-corrected chi connectivity index (χ4v) is 3.36. The molecule has 0 radical (unpaired) electrons. The third-order valence-corrected chi connectivity index (χ3v) is 5.51. The van der Waals surface area contributed by atoms with Crippen LogP contribution in [0.3, 0.4) is 0 Å². The van der Waals surface area contributed by atoms with Gasteiger partial charge < -0.3 is 13.9 Å². The third-order valence-electron chi connectivity index (χ3n) is 5.51. The van der Waals surface area contributed by atoms with E-state index in [-0.39, 0.29) is 0 Å². The molecule has 0 saturated carbocycles. The quantitative estimate of drug-likeness (QED) is 0.0995. The van der Waals surface area contributed by atoms with Gasteiger partial charge in [0.05, 0.1) is 43.3 Å². The summed E-state index contributed by atoms with van der Waals surface area (Å²) in [6.45, 7) is 0.962. The van der Waals surface area contributed by atoms with Crippen molar-refractivity contribution in [3.05, 3.63) is 102 Å². The van der Waals surface area contributed by atoms with Gasteiger partial charge in [0.15, 0.2) is 23.7 Å². The van der Waals surface area contributed by atoms with E-state index in [2.05, 4.69) is 40.9 Å². The van der Waals surface area contributed by atoms with E-state index in [9.17, 15) is 0 Å². The van der Waals surface area contributed by atoms with Gasteiger partial charge in [-0.05, 0) is 40.6 Å². The van der Waals surface area contributed by atoms with Crippen LogP contribution in [0.15, 0.2) is 132 Å². The first-order valence-electron chi connectivity index (χ1n) is 12.4. The predicted octanol–water partition coefficient (Wildman–Crippen LogP) is 2.81. The molecule has 0 N–H and O–H groups in total. The average molecular weight is 539 g/mol. The van der Waals surface area contributed by atoms with Crippen molar-refractivity contribution in [3.63, 3.8) is 0 Å². The van der Waals surface area contributed by atoms with Crippen molar-refractivity contribution >= 4 is 24.3 Å². The van der Waals surface area contributed by atoms with Gasteiger partial charge in [-0.15, -0.1) is 20.4 Å². The molecule has 4 aromatic heterocycles. The van der Waals surface area contributed by atoms with Gasteiger partial charge in [0.25, 0.3) is 0 Å². The molecule has 0 bridgehead atoms. The summed E-state index contributed by atoms with van der Waals surface area (Å²) in [5.74, 6) is 2.07. The minimum absolute atomic E-state index is 0.407. The second kappa shape index (κ2) is 14.5. The molecular formula is C27H30N12O+2. The number of ether oxygens (including phenoxy) is 1. The molecule has 13 heteroatoms. The highest BCUT2D eigenvalue weighted by Crippen LogP contribution is 2.06. The van der Waals surface area contributed by atoms with Crippen LogP contribution in [0.5, 0.6) is 5.75 Å². The van der Waals surface area contributed by atoms with Crippen molar-refractivity contribution < 1.29 is 13.9 Å². The van der Waals surface area contributed by atoms with Crippen LogP contribution in [0.1, 0.15) is 0 Å². The number of aryl methyl sites for hydroxylation is 3.